The Kier molecular flexibility index (Phi) is 52.4. The molecule has 9 N–H and O–H groups in total. The number of aliphatic hydroxyl groups is 8. The molecule has 88 heavy (non-hydrogen) atoms. The van der Waals surface area contributed by atoms with Gasteiger partial charge in [0.1, 0.15) is 48.8 Å². The van der Waals surface area contributed by atoms with Gasteiger partial charge in [0.25, 0.3) is 0 Å². The van der Waals surface area contributed by atoms with Crippen LogP contribution in [0.3, 0.4) is 0 Å². The van der Waals surface area contributed by atoms with E-state index >= 15 is 0 Å². The number of rotatable bonds is 55. The number of hydrogen-bond donors (Lipinski definition) is 9. The summed E-state index contributed by atoms with van der Waals surface area (Å²) in [6, 6.07) is -0.936. The van der Waals surface area contributed by atoms with Gasteiger partial charge < -0.3 is 65.1 Å². The van der Waals surface area contributed by atoms with Gasteiger partial charge in [0.2, 0.25) is 5.91 Å². The Bertz CT molecular complexity index is 1940. The molecule has 0 radical (unpaired) electrons. The van der Waals surface area contributed by atoms with Crippen LogP contribution in [0.25, 0.3) is 0 Å². The van der Waals surface area contributed by atoms with Crippen molar-refractivity contribution in [3.8, 4) is 0 Å². The highest BCUT2D eigenvalue weighted by atomic mass is 16.7. The fourth-order valence-corrected chi connectivity index (χ4v) is 10.6. The second-order valence-electron chi connectivity index (χ2n) is 23.9. The molecule has 0 aliphatic carbocycles. The van der Waals surface area contributed by atoms with Gasteiger partial charge in [0, 0.05) is 6.42 Å². The summed E-state index contributed by atoms with van der Waals surface area (Å²) in [4.78, 5) is 13.3. The van der Waals surface area contributed by atoms with Crippen LogP contribution >= 0.6 is 0 Å². The molecule has 504 valence electrons. The smallest absolute Gasteiger partial charge is 0.220 e. The number of amides is 1. The molecule has 12 atom stereocenters. The van der Waals surface area contributed by atoms with Crippen LogP contribution < -0.4 is 5.32 Å². The maximum absolute atomic E-state index is 13.3. The molecule has 0 aromatic carbocycles. The molecule has 0 bridgehead atoms. The maximum atomic E-state index is 13.3. The first-order chi connectivity index (χ1) is 43.1. The molecule has 2 aliphatic rings. The normalized spacial score (nSPS) is 23.9. The van der Waals surface area contributed by atoms with Crippen molar-refractivity contribution in [2.75, 3.05) is 19.8 Å². The van der Waals surface area contributed by atoms with Gasteiger partial charge in [-0.05, 0) is 89.9 Å². The molecule has 14 nitrogen and oxygen atoms in total. The highest BCUT2D eigenvalue weighted by Crippen LogP contribution is 2.30. The van der Waals surface area contributed by atoms with E-state index in [4.69, 9.17) is 18.9 Å². The van der Waals surface area contributed by atoms with E-state index in [1.807, 2.05) is 6.08 Å². The van der Waals surface area contributed by atoms with Crippen LogP contribution in [0.2, 0.25) is 0 Å². The van der Waals surface area contributed by atoms with Crippen LogP contribution in [0.4, 0.5) is 0 Å². The average Bonchev–Trinajstić information content (AvgIpc) is 2.07. The van der Waals surface area contributed by atoms with Crippen molar-refractivity contribution in [3.05, 3.63) is 122 Å². The lowest BCUT2D eigenvalue weighted by Crippen LogP contribution is -2.65. The molecule has 0 spiro atoms. The van der Waals surface area contributed by atoms with E-state index in [-0.39, 0.29) is 18.9 Å². The second-order valence-corrected chi connectivity index (χ2v) is 23.9. The summed E-state index contributed by atoms with van der Waals surface area (Å²) in [6.45, 7) is 2.68. The van der Waals surface area contributed by atoms with Crippen molar-refractivity contribution < 1.29 is 64.6 Å². The first-order valence-corrected chi connectivity index (χ1v) is 34.8. The number of unbranched alkanes of at least 4 members (excludes halogenated alkanes) is 24. The Morgan fingerprint density at radius 3 is 1.20 bits per heavy atom. The van der Waals surface area contributed by atoms with Crippen LogP contribution in [0.5, 0.6) is 0 Å². The van der Waals surface area contributed by atoms with Crippen LogP contribution in [0.1, 0.15) is 245 Å². The highest BCUT2D eigenvalue weighted by molar-refractivity contribution is 5.76. The van der Waals surface area contributed by atoms with E-state index in [9.17, 15) is 45.6 Å². The lowest BCUT2D eigenvalue weighted by Gasteiger charge is -2.46. The molecule has 0 aromatic heterocycles. The van der Waals surface area contributed by atoms with E-state index in [0.717, 1.165) is 109 Å². The number of hydrogen-bond acceptors (Lipinski definition) is 13. The molecule has 2 fully saturated rings. The van der Waals surface area contributed by atoms with Gasteiger partial charge >= 0.3 is 0 Å². The summed E-state index contributed by atoms with van der Waals surface area (Å²) >= 11 is 0. The fraction of sp³-hybridized carbons (Fsp3) is 0.716. The lowest BCUT2D eigenvalue weighted by molar-refractivity contribution is -0.359. The quantitative estimate of drug-likeness (QED) is 0.0204. The molecule has 1 amide bonds. The third-order valence-corrected chi connectivity index (χ3v) is 16.2. The first-order valence-electron chi connectivity index (χ1n) is 34.8. The van der Waals surface area contributed by atoms with Crippen molar-refractivity contribution >= 4 is 5.91 Å². The van der Waals surface area contributed by atoms with Crippen LogP contribution in [0.15, 0.2) is 122 Å². The van der Waals surface area contributed by atoms with Crippen LogP contribution in [-0.4, -0.2) is 140 Å². The zero-order chi connectivity index (χ0) is 63.8. The van der Waals surface area contributed by atoms with Gasteiger partial charge in [-0.15, -0.1) is 0 Å². The summed E-state index contributed by atoms with van der Waals surface area (Å²) in [5.41, 5.74) is 0. The predicted octanol–water partition coefficient (Wildman–Crippen LogP) is 14.1. The molecular weight excluding hydrogens is 1110 g/mol. The minimum atomic E-state index is -1.80. The Morgan fingerprint density at radius 1 is 0.420 bits per heavy atom. The van der Waals surface area contributed by atoms with E-state index in [2.05, 4.69) is 129 Å². The summed E-state index contributed by atoms with van der Waals surface area (Å²) in [6.07, 6.45) is 66.6. The van der Waals surface area contributed by atoms with Gasteiger partial charge in [0.15, 0.2) is 12.6 Å². The Balaban J connectivity index is 1.71. The predicted molar refractivity (Wildman–Crippen MR) is 359 cm³/mol. The number of aliphatic hydroxyl groups excluding tert-OH is 8. The molecule has 12 unspecified atom stereocenters. The standard InChI is InChI=1S/C74H125NO13/c1-3-5-7-9-11-13-15-17-19-21-23-25-26-27-28-29-30-31-32-33-34-35-36-38-40-42-44-46-48-50-52-54-56-58-66(79)75-62(63(78)57-55-53-51-49-47-45-43-41-39-37-24-22-20-18-16-14-12-10-8-6-4-2)61-85-73-71(84)69(82)72(65(60-77)87-73)88-74-70(83)68(81)67(80)64(59-76)86-74/h5,7,11,13,17,19,23,25,27-28,30-31,33-34,36,38,42,44,55,57,62-65,67-74,76-78,80-84H,3-4,6,8-10,12,14-16,18,20-22,24,26,29,32,35,37,39-41,43,45-54,56,58-61H2,1-2H3,(H,75,79)/b7-5-,13-11-,19-17-,25-23-,28-27-,31-30-,34-33-,38-36-,44-42-,57-55+. The fourth-order valence-electron chi connectivity index (χ4n) is 10.6. The number of ether oxygens (including phenoxy) is 4. The number of carbonyl (C=O) groups excluding carboxylic acids is 1. The first kappa shape index (κ1) is 80.5. The minimum Gasteiger partial charge on any atom is -0.394 e. The van der Waals surface area contributed by atoms with Crippen LogP contribution in [0, 0.1) is 0 Å². The zero-order valence-corrected chi connectivity index (χ0v) is 54.7. The minimum absolute atomic E-state index is 0.251. The van der Waals surface area contributed by atoms with Crippen molar-refractivity contribution in [1.82, 2.24) is 5.32 Å². The van der Waals surface area contributed by atoms with Gasteiger partial charge in [-0.2, -0.15) is 0 Å². The van der Waals surface area contributed by atoms with E-state index in [0.29, 0.717) is 6.42 Å². The van der Waals surface area contributed by atoms with E-state index in [1.54, 1.807) is 6.08 Å². The Hall–Kier alpha value is -3.61. The molecule has 0 saturated carbocycles. The second kappa shape index (κ2) is 57.3. The Morgan fingerprint density at radius 2 is 0.784 bits per heavy atom. The van der Waals surface area contributed by atoms with Gasteiger partial charge in [-0.3, -0.25) is 4.79 Å². The number of nitrogens with one attached hydrogen (secondary N) is 1. The SMILES string of the molecule is CC/C=C\C/C=C\C/C=C\C/C=C\C/C=C\C/C=C\C/C=C\C/C=C\C/C=C\CCCCCCCC(=O)NC(COC1OC(CO)C(OC2OC(CO)C(O)C(O)C2O)C(O)C1O)C(O)/C=C/CCCCCCCCCCCCCCCCCCCCC. The topological polar surface area (TPSA) is 228 Å². The number of allylic oxidation sites excluding steroid dienone is 19. The van der Waals surface area contributed by atoms with Gasteiger partial charge in [0.05, 0.1) is 32.0 Å². The highest BCUT2D eigenvalue weighted by Gasteiger charge is 2.51. The van der Waals surface area contributed by atoms with Gasteiger partial charge in [-0.25, -0.2) is 0 Å². The molecule has 2 saturated heterocycles. The maximum Gasteiger partial charge on any atom is 0.220 e. The molecule has 14 heteroatoms. The molecular formula is C74H125NO13. The van der Waals surface area contributed by atoms with Crippen molar-refractivity contribution in [2.45, 2.75) is 319 Å². The summed E-state index contributed by atoms with van der Waals surface area (Å²) in [7, 11) is 0. The van der Waals surface area contributed by atoms with Gasteiger partial charge in [-0.1, -0.05) is 270 Å². The summed E-state index contributed by atoms with van der Waals surface area (Å²) in [5.74, 6) is -0.261. The monoisotopic (exact) mass is 1240 g/mol. The third-order valence-electron chi connectivity index (χ3n) is 16.2. The van der Waals surface area contributed by atoms with E-state index < -0.39 is 86.8 Å². The van der Waals surface area contributed by atoms with Crippen molar-refractivity contribution in [1.29, 1.82) is 0 Å². The summed E-state index contributed by atoms with van der Waals surface area (Å²) in [5, 5.41) is 87.4. The van der Waals surface area contributed by atoms with Crippen molar-refractivity contribution in [3.63, 3.8) is 0 Å². The van der Waals surface area contributed by atoms with Crippen molar-refractivity contribution in [2.24, 2.45) is 0 Å². The third kappa shape index (κ3) is 41.0. The summed E-state index contributed by atoms with van der Waals surface area (Å²) < 4.78 is 22.8. The molecule has 2 rings (SSSR count). The lowest BCUT2D eigenvalue weighted by atomic mass is 9.97. The largest absolute Gasteiger partial charge is 0.394 e. The molecule has 0 aromatic rings. The van der Waals surface area contributed by atoms with Crippen LogP contribution in [-0.2, 0) is 23.7 Å². The average molecular weight is 1240 g/mol. The molecule has 2 aliphatic heterocycles. The zero-order valence-electron chi connectivity index (χ0n) is 54.7. The van der Waals surface area contributed by atoms with E-state index in [1.165, 1.54) is 109 Å². The number of carbonyl (C=O) groups is 1. The Labute approximate surface area is 533 Å². The molecule has 2 heterocycles.